The quantitative estimate of drug-likeness (QED) is 0.115. The zero-order valence-corrected chi connectivity index (χ0v) is 27.5. The average molecular weight is 717 g/mol. The number of nitro benzene ring substituents is 1. The van der Waals surface area contributed by atoms with Crippen molar-refractivity contribution in [3.63, 3.8) is 0 Å². The fourth-order valence-corrected chi connectivity index (χ4v) is 6.70. The lowest BCUT2D eigenvalue weighted by atomic mass is 9.95. The van der Waals surface area contributed by atoms with Crippen molar-refractivity contribution >= 4 is 68.2 Å². The Morgan fingerprint density at radius 1 is 1.14 bits per heavy atom. The molecule has 0 amide bonds. The van der Waals surface area contributed by atoms with Crippen LogP contribution >= 0.6 is 50.5 Å². The minimum absolute atomic E-state index is 0.00936. The van der Waals surface area contributed by atoms with Crippen LogP contribution in [0.25, 0.3) is 6.08 Å². The van der Waals surface area contributed by atoms with E-state index >= 15 is 0 Å². The van der Waals surface area contributed by atoms with Gasteiger partial charge in [-0.15, -0.1) is 0 Å². The first kappa shape index (κ1) is 31.6. The molecule has 0 N–H and O–H groups in total. The highest BCUT2D eigenvalue weighted by molar-refractivity contribution is 9.10. The Bertz CT molecular complexity index is 2020. The fraction of sp³-hybridized carbons (Fsp3) is 0.194. The van der Waals surface area contributed by atoms with Crippen molar-refractivity contribution in [1.82, 2.24) is 4.57 Å². The molecule has 2 heterocycles. The van der Waals surface area contributed by atoms with E-state index in [4.69, 9.17) is 32.7 Å². The third-order valence-electron chi connectivity index (χ3n) is 6.82. The van der Waals surface area contributed by atoms with Gasteiger partial charge in [0.25, 0.3) is 5.56 Å². The van der Waals surface area contributed by atoms with Crippen LogP contribution in [-0.4, -0.2) is 22.1 Å². The zero-order chi connectivity index (χ0) is 31.7. The van der Waals surface area contributed by atoms with Gasteiger partial charge in [-0.2, -0.15) is 0 Å². The van der Waals surface area contributed by atoms with E-state index in [1.807, 2.05) is 31.2 Å². The predicted octanol–water partition coefficient (Wildman–Crippen LogP) is 6.66. The molecule has 0 saturated carbocycles. The highest BCUT2D eigenvalue weighted by Gasteiger charge is 2.33. The zero-order valence-electron chi connectivity index (χ0n) is 23.6. The summed E-state index contributed by atoms with van der Waals surface area (Å²) in [4.78, 5) is 43.4. The van der Waals surface area contributed by atoms with Crippen LogP contribution in [0.5, 0.6) is 5.75 Å². The largest absolute Gasteiger partial charge is 0.481 e. The molecule has 1 aliphatic rings. The minimum atomic E-state index is -0.758. The number of rotatable bonds is 8. The number of aromatic nitrogens is 1. The Hall–Kier alpha value is -3.77. The molecular weight excluding hydrogens is 693 g/mol. The third-order valence-corrected chi connectivity index (χ3v) is 9.13. The second kappa shape index (κ2) is 13.1. The monoisotopic (exact) mass is 715 g/mol. The van der Waals surface area contributed by atoms with Crippen molar-refractivity contribution in [2.45, 2.75) is 33.4 Å². The number of ether oxygens (including phenoxy) is 2. The molecule has 0 saturated heterocycles. The van der Waals surface area contributed by atoms with Crippen LogP contribution < -0.4 is 19.6 Å². The van der Waals surface area contributed by atoms with Crippen LogP contribution in [0.1, 0.15) is 42.1 Å². The molecule has 9 nitrogen and oxygen atoms in total. The van der Waals surface area contributed by atoms with Gasteiger partial charge in [0.2, 0.25) is 5.75 Å². The second-order valence-electron chi connectivity index (χ2n) is 9.86. The highest BCUT2D eigenvalue weighted by Crippen LogP contribution is 2.38. The molecule has 0 spiro atoms. The molecule has 13 heteroatoms. The first-order valence-corrected chi connectivity index (χ1v) is 15.7. The molecule has 44 heavy (non-hydrogen) atoms. The molecule has 3 aromatic carbocycles. The minimum Gasteiger partial charge on any atom is -0.481 e. The first-order chi connectivity index (χ1) is 21.0. The van der Waals surface area contributed by atoms with E-state index in [2.05, 4.69) is 20.9 Å². The summed E-state index contributed by atoms with van der Waals surface area (Å²) in [6.45, 7) is 5.55. The van der Waals surface area contributed by atoms with Crippen molar-refractivity contribution < 1.29 is 19.2 Å². The molecular formula is C31H24BrCl2N3O6S. The van der Waals surface area contributed by atoms with Crippen LogP contribution in [-0.2, 0) is 16.1 Å². The van der Waals surface area contributed by atoms with Crippen LogP contribution in [0.3, 0.4) is 0 Å². The van der Waals surface area contributed by atoms with Crippen LogP contribution in [0.15, 0.2) is 80.1 Å². The number of thiazole rings is 1. The summed E-state index contributed by atoms with van der Waals surface area (Å²) >= 11 is 16.6. The van der Waals surface area contributed by atoms with Crippen molar-refractivity contribution in [3.8, 4) is 5.75 Å². The van der Waals surface area contributed by atoms with E-state index in [9.17, 15) is 19.7 Å². The normalized spacial score (nSPS) is 14.7. The number of aryl methyl sites for hydroxylation is 1. The number of carbonyl (C=O) groups excluding carboxylic acids is 1. The molecule has 0 aliphatic carbocycles. The molecule has 4 aromatic rings. The predicted molar refractivity (Wildman–Crippen MR) is 173 cm³/mol. The molecule has 5 rings (SSSR count). The molecule has 1 atom stereocenters. The Kier molecular flexibility index (Phi) is 9.40. The summed E-state index contributed by atoms with van der Waals surface area (Å²) in [5, 5.41) is 12.8. The lowest BCUT2D eigenvalue weighted by Gasteiger charge is -2.24. The van der Waals surface area contributed by atoms with E-state index in [-0.39, 0.29) is 34.8 Å². The summed E-state index contributed by atoms with van der Waals surface area (Å²) in [7, 11) is 0. The van der Waals surface area contributed by atoms with Gasteiger partial charge in [-0.1, -0.05) is 70.4 Å². The SMILES string of the molecule is CCOC(=O)C1=C(C)N=c2s/c(=C\c3cc(Br)c(OCc4ccc(Cl)c(Cl)c4)c([N+](=O)[O-])c3)c(=O)n2[C@H]1c1ccc(C)cc1. The number of hydrogen-bond acceptors (Lipinski definition) is 8. The van der Waals surface area contributed by atoms with E-state index in [0.717, 1.165) is 22.5 Å². The highest BCUT2D eigenvalue weighted by atomic mass is 79.9. The Labute approximate surface area is 274 Å². The van der Waals surface area contributed by atoms with Crippen LogP contribution in [0.4, 0.5) is 5.69 Å². The van der Waals surface area contributed by atoms with Gasteiger partial charge in [0.1, 0.15) is 6.61 Å². The Morgan fingerprint density at radius 3 is 2.52 bits per heavy atom. The molecule has 0 radical (unpaired) electrons. The summed E-state index contributed by atoms with van der Waals surface area (Å²) in [6, 6.07) is 14.7. The Balaban J connectivity index is 1.59. The molecule has 0 fully saturated rings. The topological polar surface area (TPSA) is 113 Å². The van der Waals surface area contributed by atoms with Gasteiger partial charge in [-0.05, 0) is 77.7 Å². The third kappa shape index (κ3) is 6.37. The van der Waals surface area contributed by atoms with Gasteiger partial charge >= 0.3 is 11.7 Å². The maximum atomic E-state index is 13.9. The maximum Gasteiger partial charge on any atom is 0.338 e. The lowest BCUT2D eigenvalue weighted by molar-refractivity contribution is -0.386. The van der Waals surface area contributed by atoms with Gasteiger partial charge in [0.05, 0.1) is 47.9 Å². The van der Waals surface area contributed by atoms with Gasteiger partial charge in [-0.25, -0.2) is 9.79 Å². The van der Waals surface area contributed by atoms with Crippen LogP contribution in [0, 0.1) is 17.0 Å². The van der Waals surface area contributed by atoms with Crippen LogP contribution in [0.2, 0.25) is 10.0 Å². The first-order valence-electron chi connectivity index (χ1n) is 13.3. The average Bonchev–Trinajstić information content (AvgIpc) is 3.27. The summed E-state index contributed by atoms with van der Waals surface area (Å²) in [6.07, 6.45) is 1.56. The van der Waals surface area contributed by atoms with Gasteiger partial charge in [0, 0.05) is 6.07 Å². The summed E-state index contributed by atoms with van der Waals surface area (Å²) in [5.74, 6) is -0.529. The standard InChI is InChI=1S/C31H24BrCl2N3O6S/c1-4-42-30(39)26-17(3)35-31-36(27(26)20-8-5-16(2)6-9-20)29(38)25(44-31)14-19-11-21(32)28(24(13-19)37(40)41)43-15-18-7-10-22(33)23(34)12-18/h5-14,27H,4,15H2,1-3H3/b25-14-/t27-/m0/s1. The van der Waals surface area contributed by atoms with Gasteiger partial charge in [0.15, 0.2) is 4.80 Å². The van der Waals surface area contributed by atoms with Gasteiger partial charge < -0.3 is 9.47 Å². The molecule has 0 unspecified atom stereocenters. The summed E-state index contributed by atoms with van der Waals surface area (Å²) < 4.78 is 13.2. The Morgan fingerprint density at radius 2 is 1.86 bits per heavy atom. The van der Waals surface area contributed by atoms with E-state index in [0.29, 0.717) is 36.1 Å². The number of fused-ring (bicyclic) bond motifs is 1. The number of halogens is 3. The maximum absolute atomic E-state index is 13.9. The van der Waals surface area contributed by atoms with Crippen molar-refractivity contribution in [2.75, 3.05) is 6.61 Å². The summed E-state index contributed by atoms with van der Waals surface area (Å²) in [5.41, 5.74) is 2.85. The second-order valence-corrected chi connectivity index (χ2v) is 12.5. The lowest BCUT2D eigenvalue weighted by Crippen LogP contribution is -2.39. The number of allylic oxidation sites excluding steroid dienone is 1. The van der Waals surface area contributed by atoms with Gasteiger partial charge in [-0.3, -0.25) is 19.5 Å². The van der Waals surface area contributed by atoms with E-state index < -0.39 is 22.5 Å². The van der Waals surface area contributed by atoms with Crippen molar-refractivity contribution in [1.29, 1.82) is 0 Å². The smallest absolute Gasteiger partial charge is 0.338 e. The molecule has 226 valence electrons. The van der Waals surface area contributed by atoms with E-state index in [1.54, 1.807) is 44.2 Å². The number of nitro groups is 1. The molecule has 0 bridgehead atoms. The number of benzene rings is 3. The number of nitrogens with zero attached hydrogens (tertiary/aromatic N) is 3. The number of hydrogen-bond donors (Lipinski definition) is 0. The molecule has 1 aromatic heterocycles. The van der Waals surface area contributed by atoms with Crippen molar-refractivity contribution in [2.24, 2.45) is 4.99 Å². The fourth-order valence-electron chi connectivity index (χ4n) is 4.75. The van der Waals surface area contributed by atoms with E-state index in [1.165, 1.54) is 10.6 Å². The number of carbonyl (C=O) groups is 1. The molecule has 1 aliphatic heterocycles. The number of esters is 1. The van der Waals surface area contributed by atoms with Crippen molar-refractivity contribution in [3.05, 3.63) is 132 Å².